The number of ether oxygens (including phenoxy) is 2. The van der Waals surface area contributed by atoms with Gasteiger partial charge in [0, 0.05) is 0 Å². The summed E-state index contributed by atoms with van der Waals surface area (Å²) in [6, 6.07) is 16.0. The highest BCUT2D eigenvalue weighted by atomic mass is 16.5. The van der Waals surface area contributed by atoms with Crippen LogP contribution >= 0.6 is 0 Å². The third-order valence-electron chi connectivity index (χ3n) is 4.45. The molecule has 0 heterocycles. The van der Waals surface area contributed by atoms with Crippen LogP contribution in [0.3, 0.4) is 0 Å². The maximum atomic E-state index is 11.9. The van der Waals surface area contributed by atoms with Gasteiger partial charge in [-0.2, -0.15) is 0 Å². The highest BCUT2D eigenvalue weighted by Crippen LogP contribution is 2.32. The fraction of sp³-hybridized carbons (Fsp3) is 0.381. The Morgan fingerprint density at radius 1 is 0.960 bits per heavy atom. The maximum Gasteiger partial charge on any atom is 0.224 e. The molecule has 2 N–H and O–H groups in total. The Morgan fingerprint density at radius 3 is 2.32 bits per heavy atom. The molecule has 1 amide bonds. The molecule has 4 nitrogen and oxygen atoms in total. The van der Waals surface area contributed by atoms with Gasteiger partial charge in [0.25, 0.3) is 0 Å². The molecule has 2 rings (SSSR count). The van der Waals surface area contributed by atoms with E-state index in [2.05, 4.69) is 24.3 Å². The van der Waals surface area contributed by atoms with E-state index in [1.54, 1.807) is 14.2 Å². The maximum absolute atomic E-state index is 11.9. The van der Waals surface area contributed by atoms with Crippen molar-refractivity contribution >= 4 is 5.91 Å². The van der Waals surface area contributed by atoms with Gasteiger partial charge < -0.3 is 15.2 Å². The smallest absolute Gasteiger partial charge is 0.224 e. The Bertz CT molecular complexity index is 670. The average Bonchev–Trinajstić information content (AvgIpc) is 2.64. The predicted molar refractivity (Wildman–Crippen MR) is 100 cm³/mol. The Hall–Kier alpha value is -2.49. The monoisotopic (exact) mass is 341 g/mol. The number of primary amides is 1. The van der Waals surface area contributed by atoms with Crippen molar-refractivity contribution < 1.29 is 14.3 Å². The second-order valence-corrected chi connectivity index (χ2v) is 6.15. The van der Waals surface area contributed by atoms with Crippen molar-refractivity contribution in [2.45, 2.75) is 38.0 Å². The number of hydrogen-bond acceptors (Lipinski definition) is 3. The van der Waals surface area contributed by atoms with E-state index in [1.165, 1.54) is 5.56 Å². The van der Waals surface area contributed by atoms with Crippen LogP contribution in [0.2, 0.25) is 0 Å². The fourth-order valence-electron chi connectivity index (χ4n) is 3.04. The molecule has 0 saturated carbocycles. The van der Waals surface area contributed by atoms with Crippen molar-refractivity contribution in [3.05, 3.63) is 59.7 Å². The lowest BCUT2D eigenvalue weighted by molar-refractivity contribution is -0.119. The molecule has 2 aromatic rings. The largest absolute Gasteiger partial charge is 0.493 e. The second kappa shape index (κ2) is 9.72. The molecule has 4 heteroatoms. The van der Waals surface area contributed by atoms with Crippen LogP contribution in [0, 0.1) is 0 Å². The summed E-state index contributed by atoms with van der Waals surface area (Å²) in [5.74, 6) is 0.680. The highest BCUT2D eigenvalue weighted by molar-refractivity contribution is 5.82. The summed E-state index contributed by atoms with van der Waals surface area (Å²) in [6.07, 6.45) is 4.97. The number of amides is 1. The summed E-state index contributed by atoms with van der Waals surface area (Å²) in [7, 11) is 3.18. The molecular weight excluding hydrogens is 314 g/mol. The van der Waals surface area contributed by atoms with Crippen LogP contribution in [-0.4, -0.2) is 20.1 Å². The number of carbonyl (C=O) groups excluding carboxylic acids is 1. The molecule has 25 heavy (non-hydrogen) atoms. The van der Waals surface area contributed by atoms with E-state index in [-0.39, 0.29) is 11.8 Å². The standard InChI is InChI=1S/C21H27NO3/c1-24-19-14-13-17(15-20(19)25-2)18(21(22)23)12-8-4-7-11-16-9-5-3-6-10-16/h3,5-6,9-10,13-15,18H,4,7-8,11-12H2,1-2H3,(H2,22,23). The first-order valence-electron chi connectivity index (χ1n) is 8.71. The quantitative estimate of drug-likeness (QED) is 0.663. The number of rotatable bonds is 10. The SMILES string of the molecule is COc1ccc(C(CCCCCc2ccccc2)C(N)=O)cc1OC. The van der Waals surface area contributed by atoms with Crippen molar-refractivity contribution in [1.29, 1.82) is 0 Å². The number of aryl methyl sites for hydroxylation is 1. The molecule has 0 aliphatic carbocycles. The summed E-state index contributed by atoms with van der Waals surface area (Å²) in [4.78, 5) is 11.9. The summed E-state index contributed by atoms with van der Waals surface area (Å²) in [6.45, 7) is 0. The van der Waals surface area contributed by atoms with E-state index in [9.17, 15) is 4.79 Å². The highest BCUT2D eigenvalue weighted by Gasteiger charge is 2.19. The Kier molecular flexibility index (Phi) is 7.33. The van der Waals surface area contributed by atoms with Crippen LogP contribution in [0.25, 0.3) is 0 Å². The molecule has 0 spiro atoms. The van der Waals surface area contributed by atoms with Gasteiger partial charge in [-0.25, -0.2) is 0 Å². The van der Waals surface area contributed by atoms with E-state index in [0.717, 1.165) is 37.7 Å². The molecule has 0 aromatic heterocycles. The second-order valence-electron chi connectivity index (χ2n) is 6.15. The van der Waals surface area contributed by atoms with Crippen molar-refractivity contribution in [2.75, 3.05) is 14.2 Å². The van der Waals surface area contributed by atoms with Gasteiger partial charge in [0.15, 0.2) is 11.5 Å². The molecule has 1 unspecified atom stereocenters. The summed E-state index contributed by atoms with van der Waals surface area (Å²) in [5, 5.41) is 0. The van der Waals surface area contributed by atoms with Crippen molar-refractivity contribution in [2.24, 2.45) is 5.73 Å². The molecule has 0 radical (unpaired) electrons. The third kappa shape index (κ3) is 5.52. The van der Waals surface area contributed by atoms with Crippen molar-refractivity contribution in [1.82, 2.24) is 0 Å². The number of benzene rings is 2. The van der Waals surface area contributed by atoms with Crippen molar-refractivity contribution in [3.8, 4) is 11.5 Å². The summed E-state index contributed by atoms with van der Waals surface area (Å²) >= 11 is 0. The lowest BCUT2D eigenvalue weighted by Crippen LogP contribution is -2.21. The number of hydrogen-bond donors (Lipinski definition) is 1. The van der Waals surface area contributed by atoms with Gasteiger partial charge in [0.2, 0.25) is 5.91 Å². The van der Waals surface area contributed by atoms with Gasteiger partial charge >= 0.3 is 0 Å². The average molecular weight is 341 g/mol. The lowest BCUT2D eigenvalue weighted by atomic mass is 9.92. The zero-order valence-electron chi connectivity index (χ0n) is 15.0. The third-order valence-corrected chi connectivity index (χ3v) is 4.45. The Morgan fingerprint density at radius 2 is 1.68 bits per heavy atom. The molecule has 0 saturated heterocycles. The van der Waals surface area contributed by atoms with Gasteiger partial charge in [0.05, 0.1) is 20.1 Å². The van der Waals surface area contributed by atoms with Gasteiger partial charge in [-0.15, -0.1) is 0 Å². The molecule has 0 aliphatic rings. The summed E-state index contributed by atoms with van der Waals surface area (Å²) in [5.41, 5.74) is 7.86. The fourth-order valence-corrected chi connectivity index (χ4v) is 3.04. The number of unbranched alkanes of at least 4 members (excludes halogenated alkanes) is 2. The zero-order chi connectivity index (χ0) is 18.1. The van der Waals surface area contributed by atoms with Crippen molar-refractivity contribution in [3.63, 3.8) is 0 Å². The van der Waals surface area contributed by atoms with Gasteiger partial charge in [-0.05, 0) is 42.5 Å². The first-order valence-corrected chi connectivity index (χ1v) is 8.71. The van der Waals surface area contributed by atoms with Crippen LogP contribution < -0.4 is 15.2 Å². The van der Waals surface area contributed by atoms with E-state index < -0.39 is 0 Å². The van der Waals surface area contributed by atoms with E-state index >= 15 is 0 Å². The topological polar surface area (TPSA) is 61.5 Å². The zero-order valence-corrected chi connectivity index (χ0v) is 15.0. The Balaban J connectivity index is 1.89. The molecule has 134 valence electrons. The van der Waals surface area contributed by atoms with Gasteiger partial charge in [0.1, 0.15) is 0 Å². The number of methoxy groups -OCH3 is 2. The number of carbonyl (C=O) groups is 1. The normalized spacial score (nSPS) is 11.8. The van der Waals surface area contributed by atoms with E-state index in [4.69, 9.17) is 15.2 Å². The predicted octanol–water partition coefficient (Wildman–Crippen LogP) is 4.08. The number of nitrogens with two attached hydrogens (primary N) is 1. The van der Waals surface area contributed by atoms with Crippen LogP contribution in [-0.2, 0) is 11.2 Å². The molecule has 0 aliphatic heterocycles. The minimum Gasteiger partial charge on any atom is -0.493 e. The van der Waals surface area contributed by atoms with Crippen LogP contribution in [0.5, 0.6) is 11.5 Å². The van der Waals surface area contributed by atoms with E-state index in [0.29, 0.717) is 11.5 Å². The van der Waals surface area contributed by atoms with Crippen LogP contribution in [0.1, 0.15) is 42.7 Å². The molecule has 1 atom stereocenters. The summed E-state index contributed by atoms with van der Waals surface area (Å²) < 4.78 is 10.6. The molecule has 0 bridgehead atoms. The first-order chi connectivity index (χ1) is 12.2. The lowest BCUT2D eigenvalue weighted by Gasteiger charge is -2.16. The van der Waals surface area contributed by atoms with Gasteiger partial charge in [-0.1, -0.05) is 49.2 Å². The minimum atomic E-state index is -0.296. The van der Waals surface area contributed by atoms with Crippen LogP contribution in [0.15, 0.2) is 48.5 Å². The Labute approximate surface area is 150 Å². The van der Waals surface area contributed by atoms with E-state index in [1.807, 2.05) is 24.3 Å². The molecular formula is C21H27NO3. The van der Waals surface area contributed by atoms with Crippen LogP contribution in [0.4, 0.5) is 0 Å². The molecule has 0 fully saturated rings. The first kappa shape index (κ1) is 18.8. The minimum absolute atomic E-state index is 0.295. The molecule has 2 aromatic carbocycles. The van der Waals surface area contributed by atoms with Gasteiger partial charge in [-0.3, -0.25) is 4.79 Å².